The first-order chi connectivity index (χ1) is 7.67. The van der Waals surface area contributed by atoms with E-state index in [1.54, 1.807) is 11.3 Å². The number of thiophene rings is 1. The van der Waals surface area contributed by atoms with Crippen molar-refractivity contribution in [2.24, 2.45) is 10.7 Å². The molecule has 4 nitrogen and oxygen atoms in total. The third kappa shape index (κ3) is 3.51. The topological polar surface area (TPSA) is 67.5 Å². The number of allylic oxidation sites excluding steroid dienone is 2. The summed E-state index contributed by atoms with van der Waals surface area (Å²) in [6.45, 7) is 1.91. The smallest absolute Gasteiger partial charge is 0.284 e. The van der Waals surface area contributed by atoms with Crippen LogP contribution in [0.15, 0.2) is 34.3 Å². The fourth-order valence-electron chi connectivity index (χ4n) is 1.20. The zero-order chi connectivity index (χ0) is 12.0. The average Bonchev–Trinajstić information content (AvgIpc) is 2.76. The highest BCUT2D eigenvalue weighted by Crippen LogP contribution is 2.12. The summed E-state index contributed by atoms with van der Waals surface area (Å²) in [7, 11) is 1.53. The van der Waals surface area contributed by atoms with E-state index in [1.807, 2.05) is 30.5 Å². The van der Waals surface area contributed by atoms with Crippen LogP contribution in [0.1, 0.15) is 11.8 Å². The van der Waals surface area contributed by atoms with Crippen molar-refractivity contribution in [3.8, 4) is 0 Å². The highest BCUT2D eigenvalue weighted by molar-refractivity contribution is 7.09. The molecule has 0 spiro atoms. The quantitative estimate of drug-likeness (QED) is 0.614. The molecule has 0 atom stereocenters. The summed E-state index contributed by atoms with van der Waals surface area (Å²) in [4.78, 5) is 16.0. The van der Waals surface area contributed by atoms with Crippen LogP contribution >= 0.6 is 11.3 Å². The SMILES string of the molecule is C/C=C(/Cc1cccs1)NC(=NC)C(N)=O. The Labute approximate surface area is 98.9 Å². The molecule has 1 amide bonds. The van der Waals surface area contributed by atoms with Crippen molar-refractivity contribution in [1.82, 2.24) is 5.32 Å². The number of hydrogen-bond donors (Lipinski definition) is 2. The minimum Gasteiger partial charge on any atom is -0.363 e. The summed E-state index contributed by atoms with van der Waals surface area (Å²) in [5.41, 5.74) is 6.09. The molecule has 86 valence electrons. The number of nitrogens with two attached hydrogens (primary N) is 1. The van der Waals surface area contributed by atoms with Gasteiger partial charge in [-0.15, -0.1) is 11.3 Å². The summed E-state index contributed by atoms with van der Waals surface area (Å²) < 4.78 is 0. The van der Waals surface area contributed by atoms with Gasteiger partial charge in [-0.25, -0.2) is 0 Å². The molecular weight excluding hydrogens is 222 g/mol. The van der Waals surface area contributed by atoms with E-state index in [-0.39, 0.29) is 5.84 Å². The van der Waals surface area contributed by atoms with Crippen molar-refractivity contribution in [2.45, 2.75) is 13.3 Å². The predicted octanol–water partition coefficient (Wildman–Crippen LogP) is 1.30. The van der Waals surface area contributed by atoms with Gasteiger partial charge in [0.25, 0.3) is 5.91 Å². The van der Waals surface area contributed by atoms with Gasteiger partial charge < -0.3 is 11.1 Å². The first kappa shape index (κ1) is 12.4. The number of amidine groups is 1. The Morgan fingerprint density at radius 3 is 2.88 bits per heavy atom. The second-order valence-corrected chi connectivity index (χ2v) is 4.16. The second-order valence-electron chi connectivity index (χ2n) is 3.13. The first-order valence-electron chi connectivity index (χ1n) is 4.88. The van der Waals surface area contributed by atoms with E-state index < -0.39 is 5.91 Å². The van der Waals surface area contributed by atoms with Gasteiger partial charge in [0.2, 0.25) is 0 Å². The zero-order valence-corrected chi connectivity index (χ0v) is 10.2. The monoisotopic (exact) mass is 237 g/mol. The van der Waals surface area contributed by atoms with Gasteiger partial charge in [0.05, 0.1) is 0 Å². The number of nitrogens with one attached hydrogen (secondary N) is 1. The summed E-state index contributed by atoms with van der Waals surface area (Å²) in [6, 6.07) is 4.04. The van der Waals surface area contributed by atoms with Crippen LogP contribution in [0.2, 0.25) is 0 Å². The molecule has 16 heavy (non-hydrogen) atoms. The van der Waals surface area contributed by atoms with E-state index in [2.05, 4.69) is 10.3 Å². The fraction of sp³-hybridized carbons (Fsp3) is 0.273. The summed E-state index contributed by atoms with van der Waals surface area (Å²) in [6.07, 6.45) is 2.66. The Morgan fingerprint density at radius 2 is 2.44 bits per heavy atom. The zero-order valence-electron chi connectivity index (χ0n) is 9.36. The molecule has 0 aromatic carbocycles. The molecule has 3 N–H and O–H groups in total. The second kappa shape index (κ2) is 6.07. The number of carbonyl (C=O) groups is 1. The summed E-state index contributed by atoms with van der Waals surface area (Å²) >= 11 is 1.67. The van der Waals surface area contributed by atoms with E-state index in [1.165, 1.54) is 11.9 Å². The number of nitrogens with zero attached hydrogens (tertiary/aromatic N) is 1. The van der Waals surface area contributed by atoms with Crippen LogP contribution in [0.5, 0.6) is 0 Å². The third-order valence-corrected chi connectivity index (χ3v) is 2.91. The maximum atomic E-state index is 11.0. The molecule has 0 radical (unpaired) electrons. The lowest BCUT2D eigenvalue weighted by atomic mass is 10.2. The van der Waals surface area contributed by atoms with E-state index in [0.717, 1.165) is 12.1 Å². The van der Waals surface area contributed by atoms with Crippen LogP contribution in [0, 0.1) is 0 Å². The van der Waals surface area contributed by atoms with Gasteiger partial charge in [-0.3, -0.25) is 9.79 Å². The molecule has 1 rings (SSSR count). The van der Waals surface area contributed by atoms with Crippen LogP contribution in [-0.2, 0) is 11.2 Å². The molecule has 0 fully saturated rings. The van der Waals surface area contributed by atoms with Crippen molar-refractivity contribution >= 4 is 23.1 Å². The summed E-state index contributed by atoms with van der Waals surface area (Å²) in [5.74, 6) is -0.363. The molecule has 0 saturated heterocycles. The standard InChI is InChI=1S/C11H15N3OS/c1-3-8(7-9-5-4-6-16-9)14-11(13-2)10(12)15/h3-6H,7H2,1-2H3,(H2,12,15)(H,13,14)/b8-3-. The van der Waals surface area contributed by atoms with E-state index in [4.69, 9.17) is 5.73 Å². The number of amides is 1. The highest BCUT2D eigenvalue weighted by atomic mass is 32.1. The maximum Gasteiger partial charge on any atom is 0.284 e. The Balaban J connectivity index is 2.67. The minimum absolute atomic E-state index is 0.185. The molecule has 1 heterocycles. The Morgan fingerprint density at radius 1 is 1.69 bits per heavy atom. The number of hydrogen-bond acceptors (Lipinski definition) is 3. The Bertz CT molecular complexity index is 407. The molecule has 0 unspecified atom stereocenters. The van der Waals surface area contributed by atoms with Gasteiger partial charge in [0.1, 0.15) is 0 Å². The van der Waals surface area contributed by atoms with Gasteiger partial charge in [-0.1, -0.05) is 12.1 Å². The normalized spacial score (nSPS) is 12.6. The van der Waals surface area contributed by atoms with Gasteiger partial charge >= 0.3 is 0 Å². The third-order valence-electron chi connectivity index (χ3n) is 2.03. The highest BCUT2D eigenvalue weighted by Gasteiger charge is 2.08. The maximum absolute atomic E-state index is 11.0. The lowest BCUT2D eigenvalue weighted by Gasteiger charge is -2.09. The minimum atomic E-state index is -0.548. The van der Waals surface area contributed by atoms with Crippen molar-refractivity contribution in [2.75, 3.05) is 7.05 Å². The lowest BCUT2D eigenvalue weighted by Crippen LogP contribution is -2.36. The molecule has 5 heteroatoms. The predicted molar refractivity (Wildman–Crippen MR) is 67.5 cm³/mol. The van der Waals surface area contributed by atoms with Gasteiger partial charge in [-0.2, -0.15) is 0 Å². The first-order valence-corrected chi connectivity index (χ1v) is 5.76. The van der Waals surface area contributed by atoms with Gasteiger partial charge in [0.15, 0.2) is 5.84 Å². The van der Waals surface area contributed by atoms with E-state index in [0.29, 0.717) is 0 Å². The molecule has 0 aliphatic carbocycles. The van der Waals surface area contributed by atoms with Crippen LogP contribution in [0.25, 0.3) is 0 Å². The summed E-state index contributed by atoms with van der Waals surface area (Å²) in [5, 5.41) is 4.95. The molecule has 0 aliphatic rings. The van der Waals surface area contributed by atoms with Crippen molar-refractivity contribution in [3.05, 3.63) is 34.2 Å². The lowest BCUT2D eigenvalue weighted by molar-refractivity contribution is -0.112. The van der Waals surface area contributed by atoms with Crippen molar-refractivity contribution in [3.63, 3.8) is 0 Å². The molecule has 0 bridgehead atoms. The number of aliphatic imine (C=N–C) groups is 1. The van der Waals surface area contributed by atoms with Gasteiger partial charge in [-0.05, 0) is 18.4 Å². The average molecular weight is 237 g/mol. The van der Waals surface area contributed by atoms with E-state index in [9.17, 15) is 4.79 Å². The van der Waals surface area contributed by atoms with Crippen LogP contribution in [-0.4, -0.2) is 18.8 Å². The molecule has 1 aromatic heterocycles. The van der Waals surface area contributed by atoms with E-state index >= 15 is 0 Å². The Hall–Kier alpha value is -1.62. The van der Waals surface area contributed by atoms with Gasteiger partial charge in [0, 0.05) is 24.0 Å². The number of carbonyl (C=O) groups excluding carboxylic acids is 1. The Kier molecular flexibility index (Phi) is 4.72. The van der Waals surface area contributed by atoms with Crippen LogP contribution in [0.4, 0.5) is 0 Å². The van der Waals surface area contributed by atoms with Crippen molar-refractivity contribution in [1.29, 1.82) is 0 Å². The largest absolute Gasteiger partial charge is 0.363 e. The fourth-order valence-corrected chi connectivity index (χ4v) is 1.93. The van der Waals surface area contributed by atoms with Crippen LogP contribution in [0.3, 0.4) is 0 Å². The molecule has 0 saturated carbocycles. The molecule has 0 aliphatic heterocycles. The molecular formula is C11H15N3OS. The number of primary amides is 1. The van der Waals surface area contributed by atoms with Crippen molar-refractivity contribution < 1.29 is 4.79 Å². The van der Waals surface area contributed by atoms with Crippen LogP contribution < -0.4 is 11.1 Å². The molecule has 1 aromatic rings. The number of rotatable bonds is 3.